The van der Waals surface area contributed by atoms with E-state index in [2.05, 4.69) is 18.8 Å². The van der Waals surface area contributed by atoms with Gasteiger partial charge in [0.05, 0.1) is 13.2 Å². The summed E-state index contributed by atoms with van der Waals surface area (Å²) in [4.78, 5) is 0. The van der Waals surface area contributed by atoms with Gasteiger partial charge in [-0.2, -0.15) is 0 Å². The highest BCUT2D eigenvalue weighted by molar-refractivity contribution is 5.43. The molecule has 0 fully saturated rings. The SMILES string of the molecule is CCCCOc1ccc(C#CCN)cc1C. The molecule has 0 aliphatic carbocycles. The lowest BCUT2D eigenvalue weighted by molar-refractivity contribution is 0.307. The molecule has 1 aromatic carbocycles. The molecule has 0 atom stereocenters. The molecule has 0 aliphatic heterocycles. The lowest BCUT2D eigenvalue weighted by Crippen LogP contribution is -1.98. The summed E-state index contributed by atoms with van der Waals surface area (Å²) in [7, 11) is 0. The van der Waals surface area contributed by atoms with Crippen molar-refractivity contribution in [3.05, 3.63) is 29.3 Å². The number of unbranched alkanes of at least 4 members (excludes halogenated alkanes) is 1. The van der Waals surface area contributed by atoms with Crippen LogP contribution in [-0.4, -0.2) is 13.2 Å². The first-order chi connectivity index (χ1) is 7.77. The summed E-state index contributed by atoms with van der Waals surface area (Å²) in [5.41, 5.74) is 7.44. The van der Waals surface area contributed by atoms with E-state index in [0.29, 0.717) is 6.54 Å². The Morgan fingerprint density at radius 1 is 1.38 bits per heavy atom. The molecule has 2 N–H and O–H groups in total. The van der Waals surface area contributed by atoms with Crippen LogP contribution in [0.15, 0.2) is 18.2 Å². The molecule has 0 heterocycles. The van der Waals surface area contributed by atoms with E-state index in [-0.39, 0.29) is 0 Å². The molecule has 16 heavy (non-hydrogen) atoms. The third-order valence-electron chi connectivity index (χ3n) is 2.27. The van der Waals surface area contributed by atoms with Gasteiger partial charge < -0.3 is 10.5 Å². The smallest absolute Gasteiger partial charge is 0.122 e. The van der Waals surface area contributed by atoms with Crippen LogP contribution < -0.4 is 10.5 Å². The van der Waals surface area contributed by atoms with Crippen molar-refractivity contribution in [3.8, 4) is 17.6 Å². The maximum Gasteiger partial charge on any atom is 0.122 e. The van der Waals surface area contributed by atoms with E-state index >= 15 is 0 Å². The van der Waals surface area contributed by atoms with Crippen molar-refractivity contribution in [2.75, 3.05) is 13.2 Å². The number of rotatable bonds is 4. The van der Waals surface area contributed by atoms with Gasteiger partial charge in [0.2, 0.25) is 0 Å². The monoisotopic (exact) mass is 217 g/mol. The molecule has 0 aromatic heterocycles. The van der Waals surface area contributed by atoms with Crippen molar-refractivity contribution in [1.82, 2.24) is 0 Å². The van der Waals surface area contributed by atoms with Crippen LogP contribution in [-0.2, 0) is 0 Å². The van der Waals surface area contributed by atoms with Gasteiger partial charge in [-0.3, -0.25) is 0 Å². The van der Waals surface area contributed by atoms with Gasteiger partial charge in [0.1, 0.15) is 5.75 Å². The second-order valence-electron chi connectivity index (χ2n) is 3.69. The maximum absolute atomic E-state index is 5.66. The Kier molecular flexibility index (Phi) is 5.45. The second-order valence-corrected chi connectivity index (χ2v) is 3.69. The summed E-state index contributed by atoms with van der Waals surface area (Å²) >= 11 is 0. The van der Waals surface area contributed by atoms with Crippen molar-refractivity contribution in [3.63, 3.8) is 0 Å². The van der Waals surface area contributed by atoms with Crippen LogP contribution in [0.3, 0.4) is 0 Å². The Morgan fingerprint density at radius 2 is 2.19 bits per heavy atom. The molecule has 0 unspecified atom stereocenters. The third kappa shape index (κ3) is 3.96. The van der Waals surface area contributed by atoms with Gasteiger partial charge in [-0.15, -0.1) is 0 Å². The molecule has 0 saturated carbocycles. The predicted octanol–water partition coefficient (Wildman–Crippen LogP) is 2.48. The molecule has 86 valence electrons. The predicted molar refractivity (Wildman–Crippen MR) is 67.5 cm³/mol. The molecular formula is C14H19NO. The largest absolute Gasteiger partial charge is 0.493 e. The van der Waals surface area contributed by atoms with Gasteiger partial charge in [0.25, 0.3) is 0 Å². The summed E-state index contributed by atoms with van der Waals surface area (Å²) < 4.78 is 5.66. The van der Waals surface area contributed by atoms with Crippen molar-refractivity contribution in [1.29, 1.82) is 0 Å². The van der Waals surface area contributed by atoms with E-state index in [1.807, 2.05) is 25.1 Å². The molecule has 0 amide bonds. The first-order valence-corrected chi connectivity index (χ1v) is 5.70. The zero-order valence-electron chi connectivity index (χ0n) is 10.0. The van der Waals surface area contributed by atoms with Crippen LogP contribution in [0, 0.1) is 18.8 Å². The number of nitrogens with two attached hydrogens (primary N) is 1. The van der Waals surface area contributed by atoms with Crippen LogP contribution in [0.2, 0.25) is 0 Å². The molecule has 1 rings (SSSR count). The average molecular weight is 217 g/mol. The Morgan fingerprint density at radius 3 is 2.81 bits per heavy atom. The van der Waals surface area contributed by atoms with Crippen molar-refractivity contribution < 1.29 is 4.74 Å². The molecular weight excluding hydrogens is 198 g/mol. The standard InChI is InChI=1S/C14H19NO/c1-3-4-10-16-14-8-7-13(6-5-9-15)11-12(14)2/h7-8,11H,3-4,9-10,15H2,1-2H3. The van der Waals surface area contributed by atoms with Crippen LogP contribution in [0.25, 0.3) is 0 Å². The maximum atomic E-state index is 5.66. The van der Waals surface area contributed by atoms with Crippen LogP contribution >= 0.6 is 0 Å². The Balaban J connectivity index is 2.67. The number of benzene rings is 1. The number of ether oxygens (including phenoxy) is 1. The molecule has 0 bridgehead atoms. The van der Waals surface area contributed by atoms with Gasteiger partial charge in [0.15, 0.2) is 0 Å². The summed E-state index contributed by atoms with van der Waals surface area (Å²) in [6, 6.07) is 5.98. The average Bonchev–Trinajstić information content (AvgIpc) is 2.29. The lowest BCUT2D eigenvalue weighted by Gasteiger charge is -2.08. The van der Waals surface area contributed by atoms with E-state index in [9.17, 15) is 0 Å². The van der Waals surface area contributed by atoms with Gasteiger partial charge in [0, 0.05) is 5.56 Å². The fourth-order valence-corrected chi connectivity index (χ4v) is 1.37. The number of hydrogen-bond acceptors (Lipinski definition) is 2. The van der Waals surface area contributed by atoms with Gasteiger partial charge in [-0.1, -0.05) is 25.2 Å². The first-order valence-electron chi connectivity index (χ1n) is 5.70. The molecule has 2 heteroatoms. The summed E-state index contributed by atoms with van der Waals surface area (Å²) in [6.07, 6.45) is 2.24. The molecule has 0 spiro atoms. The van der Waals surface area contributed by atoms with E-state index in [1.54, 1.807) is 0 Å². The van der Waals surface area contributed by atoms with E-state index in [0.717, 1.165) is 36.3 Å². The Bertz CT molecular complexity index is 387. The number of hydrogen-bond donors (Lipinski definition) is 1. The highest BCUT2D eigenvalue weighted by Gasteiger charge is 1.99. The first kappa shape index (κ1) is 12.6. The summed E-state index contributed by atoms with van der Waals surface area (Å²) in [6.45, 7) is 5.37. The van der Waals surface area contributed by atoms with Crippen LogP contribution in [0.4, 0.5) is 0 Å². The minimum Gasteiger partial charge on any atom is -0.493 e. The molecule has 1 aromatic rings. The summed E-state index contributed by atoms with van der Waals surface area (Å²) in [5.74, 6) is 6.80. The van der Waals surface area contributed by atoms with Gasteiger partial charge in [-0.25, -0.2) is 0 Å². The summed E-state index contributed by atoms with van der Waals surface area (Å²) in [5, 5.41) is 0. The molecule has 0 aliphatic rings. The molecule has 0 saturated heterocycles. The van der Waals surface area contributed by atoms with E-state index in [1.165, 1.54) is 0 Å². The quantitative estimate of drug-likeness (QED) is 0.621. The molecule has 0 radical (unpaired) electrons. The van der Waals surface area contributed by atoms with Crippen molar-refractivity contribution in [2.24, 2.45) is 5.73 Å². The third-order valence-corrected chi connectivity index (χ3v) is 2.27. The molecule has 2 nitrogen and oxygen atoms in total. The van der Waals surface area contributed by atoms with Crippen LogP contribution in [0.5, 0.6) is 5.75 Å². The lowest BCUT2D eigenvalue weighted by atomic mass is 10.1. The minimum absolute atomic E-state index is 0.397. The fraction of sp³-hybridized carbons (Fsp3) is 0.429. The highest BCUT2D eigenvalue weighted by atomic mass is 16.5. The Labute approximate surface area is 97.8 Å². The van der Waals surface area contributed by atoms with Crippen molar-refractivity contribution >= 4 is 0 Å². The number of aryl methyl sites for hydroxylation is 1. The van der Waals surface area contributed by atoms with E-state index < -0.39 is 0 Å². The van der Waals surface area contributed by atoms with Gasteiger partial charge >= 0.3 is 0 Å². The second kappa shape index (κ2) is 6.92. The topological polar surface area (TPSA) is 35.2 Å². The minimum atomic E-state index is 0.397. The fourth-order valence-electron chi connectivity index (χ4n) is 1.37. The normalized spacial score (nSPS) is 9.44. The zero-order chi connectivity index (χ0) is 11.8. The highest BCUT2D eigenvalue weighted by Crippen LogP contribution is 2.18. The van der Waals surface area contributed by atoms with Crippen LogP contribution in [0.1, 0.15) is 30.9 Å². The van der Waals surface area contributed by atoms with E-state index in [4.69, 9.17) is 10.5 Å². The zero-order valence-corrected chi connectivity index (χ0v) is 10.0. The Hall–Kier alpha value is -1.46. The van der Waals surface area contributed by atoms with Gasteiger partial charge in [-0.05, 0) is 37.1 Å². The van der Waals surface area contributed by atoms with Crippen molar-refractivity contribution in [2.45, 2.75) is 26.7 Å².